The van der Waals surface area contributed by atoms with Gasteiger partial charge in [0, 0.05) is 37.0 Å². The predicted octanol–water partition coefficient (Wildman–Crippen LogP) is 2.30. The van der Waals surface area contributed by atoms with Crippen LogP contribution in [-0.2, 0) is 16.1 Å². The molecule has 1 amide bonds. The Balaban J connectivity index is 1.44. The number of aryl methyl sites for hydroxylation is 1. The van der Waals surface area contributed by atoms with Crippen molar-refractivity contribution in [2.45, 2.75) is 39.2 Å². The third kappa shape index (κ3) is 3.00. The summed E-state index contributed by atoms with van der Waals surface area (Å²) < 4.78 is 5.41. The Hall–Kier alpha value is -0.980. The predicted molar refractivity (Wildman–Crippen MR) is 93.9 cm³/mol. The van der Waals surface area contributed by atoms with Gasteiger partial charge in [-0.05, 0) is 38.1 Å². The van der Waals surface area contributed by atoms with Gasteiger partial charge in [-0.3, -0.25) is 9.69 Å². The normalized spacial score (nSPS) is 31.2. The summed E-state index contributed by atoms with van der Waals surface area (Å²) in [6, 6.07) is 0. The van der Waals surface area contributed by atoms with Crippen molar-refractivity contribution in [2.75, 3.05) is 39.4 Å². The molecule has 6 heteroatoms. The molecule has 0 radical (unpaired) electrons. The number of rotatable bonds is 3. The molecule has 0 unspecified atom stereocenters. The van der Waals surface area contributed by atoms with Gasteiger partial charge in [-0.15, -0.1) is 11.3 Å². The van der Waals surface area contributed by atoms with Crippen molar-refractivity contribution in [1.29, 1.82) is 0 Å². The van der Waals surface area contributed by atoms with Crippen molar-refractivity contribution in [3.8, 4) is 0 Å². The lowest BCUT2D eigenvalue weighted by molar-refractivity contribution is -0.143. The van der Waals surface area contributed by atoms with E-state index in [2.05, 4.69) is 21.7 Å². The molecule has 1 aromatic rings. The van der Waals surface area contributed by atoms with Crippen molar-refractivity contribution < 1.29 is 9.53 Å². The molecule has 132 valence electrons. The lowest BCUT2D eigenvalue weighted by atomic mass is 9.76. The lowest BCUT2D eigenvalue weighted by Crippen LogP contribution is -2.47. The van der Waals surface area contributed by atoms with Gasteiger partial charge in [-0.2, -0.15) is 0 Å². The molecule has 1 aromatic heterocycles. The van der Waals surface area contributed by atoms with Gasteiger partial charge in [0.05, 0.1) is 24.4 Å². The summed E-state index contributed by atoms with van der Waals surface area (Å²) in [5, 5.41) is 0. The number of hydrogen-bond donors (Lipinski definition) is 0. The summed E-state index contributed by atoms with van der Waals surface area (Å²) >= 11 is 1.76. The molecule has 3 heterocycles. The largest absolute Gasteiger partial charge is 0.378 e. The van der Waals surface area contributed by atoms with Crippen LogP contribution in [0.2, 0.25) is 0 Å². The van der Waals surface area contributed by atoms with E-state index < -0.39 is 0 Å². The number of carbonyl (C=O) groups excluding carboxylic acids is 1. The number of likely N-dealkylation sites (tertiary alicyclic amines) is 1. The first-order chi connectivity index (χ1) is 11.7. The molecule has 2 aliphatic heterocycles. The number of hydrogen-bond acceptors (Lipinski definition) is 5. The van der Waals surface area contributed by atoms with Crippen molar-refractivity contribution >= 4 is 17.2 Å². The number of morpholine rings is 1. The maximum absolute atomic E-state index is 13.1. The van der Waals surface area contributed by atoms with Gasteiger partial charge in [0.25, 0.3) is 0 Å². The molecule has 3 fully saturated rings. The van der Waals surface area contributed by atoms with E-state index in [1.165, 1.54) is 24.1 Å². The Morgan fingerprint density at radius 3 is 2.96 bits per heavy atom. The minimum atomic E-state index is 0.216. The summed E-state index contributed by atoms with van der Waals surface area (Å²) in [7, 11) is 0. The molecule has 1 saturated carbocycles. The average Bonchev–Trinajstić information content (AvgIpc) is 3.31. The number of thiazole rings is 1. The van der Waals surface area contributed by atoms with Crippen molar-refractivity contribution in [2.24, 2.45) is 11.3 Å². The lowest BCUT2D eigenvalue weighted by Gasteiger charge is -2.36. The fourth-order valence-corrected chi connectivity index (χ4v) is 5.64. The zero-order valence-corrected chi connectivity index (χ0v) is 15.3. The molecular weight excluding hydrogens is 322 g/mol. The summed E-state index contributed by atoms with van der Waals surface area (Å²) in [5.74, 6) is 0.620. The van der Waals surface area contributed by atoms with Crippen LogP contribution in [0.4, 0.5) is 0 Å². The van der Waals surface area contributed by atoms with Gasteiger partial charge in [0.1, 0.15) is 0 Å². The summed E-state index contributed by atoms with van der Waals surface area (Å²) in [6.07, 6.45) is 4.66. The second kappa shape index (κ2) is 6.73. The van der Waals surface area contributed by atoms with Gasteiger partial charge in [-0.25, -0.2) is 4.98 Å². The second-order valence-electron chi connectivity index (χ2n) is 7.57. The molecule has 0 bridgehead atoms. The van der Waals surface area contributed by atoms with E-state index in [0.717, 1.165) is 44.8 Å². The quantitative estimate of drug-likeness (QED) is 0.840. The Morgan fingerprint density at radius 1 is 1.38 bits per heavy atom. The van der Waals surface area contributed by atoms with Gasteiger partial charge < -0.3 is 9.64 Å². The van der Waals surface area contributed by atoms with Gasteiger partial charge in [0.2, 0.25) is 5.91 Å². The van der Waals surface area contributed by atoms with E-state index in [9.17, 15) is 4.79 Å². The average molecular weight is 350 g/mol. The number of aromatic nitrogens is 1. The molecule has 0 aromatic carbocycles. The summed E-state index contributed by atoms with van der Waals surface area (Å²) in [6.45, 7) is 8.22. The van der Waals surface area contributed by atoms with E-state index in [4.69, 9.17) is 4.74 Å². The van der Waals surface area contributed by atoms with Crippen LogP contribution in [0.15, 0.2) is 5.51 Å². The highest BCUT2D eigenvalue weighted by atomic mass is 32.1. The molecule has 0 N–H and O–H groups in total. The smallest absolute Gasteiger partial charge is 0.226 e. The van der Waals surface area contributed by atoms with E-state index in [1.54, 1.807) is 11.3 Å². The summed E-state index contributed by atoms with van der Waals surface area (Å²) in [5.41, 5.74) is 3.32. The molecule has 24 heavy (non-hydrogen) atoms. The van der Waals surface area contributed by atoms with E-state index in [1.807, 2.05) is 5.51 Å². The van der Waals surface area contributed by atoms with E-state index >= 15 is 0 Å². The first-order valence-corrected chi connectivity index (χ1v) is 10.0. The van der Waals surface area contributed by atoms with Gasteiger partial charge >= 0.3 is 0 Å². The molecular formula is C18H27N3O2S. The van der Waals surface area contributed by atoms with Crippen molar-refractivity contribution in [1.82, 2.24) is 14.8 Å². The zero-order valence-electron chi connectivity index (χ0n) is 14.5. The highest BCUT2D eigenvalue weighted by molar-refractivity contribution is 7.09. The molecule has 2 atom stereocenters. The van der Waals surface area contributed by atoms with Crippen molar-refractivity contribution in [3.05, 3.63) is 16.1 Å². The monoisotopic (exact) mass is 349 g/mol. The Bertz CT molecular complexity index is 599. The minimum Gasteiger partial charge on any atom is -0.378 e. The maximum Gasteiger partial charge on any atom is 0.226 e. The second-order valence-corrected chi connectivity index (χ2v) is 8.51. The SMILES string of the molecule is Cc1ncsc1CN1CC[C@@]2(CCC[C@H]2C(=O)N2CCOCC2)C1. The van der Waals surface area contributed by atoms with Crippen LogP contribution in [0.3, 0.4) is 0 Å². The first kappa shape index (κ1) is 16.5. The van der Waals surface area contributed by atoms with Crippen LogP contribution < -0.4 is 0 Å². The van der Waals surface area contributed by atoms with Crippen LogP contribution >= 0.6 is 11.3 Å². The standard InChI is InChI=1S/C18H27N3O2S/c1-14-16(24-13-19-14)11-20-6-5-18(12-20)4-2-3-15(18)17(22)21-7-9-23-10-8-21/h13,15H,2-12H2,1H3/t15-,18-/m0/s1. The van der Waals surface area contributed by atoms with Crippen molar-refractivity contribution in [3.63, 3.8) is 0 Å². The Labute approximate surface area is 148 Å². The number of ether oxygens (including phenoxy) is 1. The molecule has 1 aliphatic carbocycles. The third-order valence-corrected chi connectivity index (χ3v) is 7.12. The fourth-order valence-electron chi connectivity index (χ4n) is 4.82. The Kier molecular flexibility index (Phi) is 4.62. The molecule has 4 rings (SSSR count). The number of nitrogens with zero attached hydrogens (tertiary/aromatic N) is 3. The third-order valence-electron chi connectivity index (χ3n) is 6.20. The maximum atomic E-state index is 13.1. The molecule has 2 saturated heterocycles. The zero-order chi connectivity index (χ0) is 16.6. The van der Waals surface area contributed by atoms with Crippen LogP contribution in [-0.4, -0.2) is 60.1 Å². The number of amides is 1. The Morgan fingerprint density at radius 2 is 2.21 bits per heavy atom. The molecule has 1 spiro atoms. The fraction of sp³-hybridized carbons (Fsp3) is 0.778. The van der Waals surface area contributed by atoms with Crippen LogP contribution in [0.5, 0.6) is 0 Å². The highest BCUT2D eigenvalue weighted by Crippen LogP contribution is 2.50. The van der Waals surface area contributed by atoms with E-state index in [-0.39, 0.29) is 11.3 Å². The summed E-state index contributed by atoms with van der Waals surface area (Å²) in [4.78, 5) is 23.4. The van der Waals surface area contributed by atoms with Crippen LogP contribution in [0.25, 0.3) is 0 Å². The van der Waals surface area contributed by atoms with Crippen LogP contribution in [0, 0.1) is 18.3 Å². The van der Waals surface area contributed by atoms with E-state index in [0.29, 0.717) is 19.1 Å². The topological polar surface area (TPSA) is 45.7 Å². The van der Waals surface area contributed by atoms with Gasteiger partial charge in [-0.1, -0.05) is 6.42 Å². The van der Waals surface area contributed by atoms with Crippen LogP contribution in [0.1, 0.15) is 36.3 Å². The molecule has 5 nitrogen and oxygen atoms in total. The highest BCUT2D eigenvalue weighted by Gasteiger charge is 2.51. The minimum absolute atomic E-state index is 0.216. The number of carbonyl (C=O) groups is 1. The first-order valence-electron chi connectivity index (χ1n) is 9.16. The molecule has 3 aliphatic rings. The van der Waals surface area contributed by atoms with Gasteiger partial charge in [0.15, 0.2) is 0 Å².